The molecule has 1 nitrogen and oxygen atoms in total. The van der Waals surface area contributed by atoms with Crippen LogP contribution in [0.15, 0.2) is 46.9 Å². The average Bonchev–Trinajstić information content (AvgIpc) is 2.31. The van der Waals surface area contributed by atoms with Crippen LogP contribution in [0, 0.1) is 6.92 Å². The lowest BCUT2D eigenvalue weighted by Crippen LogP contribution is -2.41. The third-order valence-electron chi connectivity index (χ3n) is 3.40. The van der Waals surface area contributed by atoms with Crippen molar-refractivity contribution in [3.8, 4) is 5.75 Å². The Morgan fingerprint density at radius 3 is 2.79 bits per heavy atom. The van der Waals surface area contributed by atoms with Gasteiger partial charge in [0.05, 0.1) is 10.1 Å². The van der Waals surface area contributed by atoms with Gasteiger partial charge < -0.3 is 4.74 Å². The minimum Gasteiger partial charge on any atom is -0.481 e. The topological polar surface area (TPSA) is 9.23 Å². The summed E-state index contributed by atoms with van der Waals surface area (Å²) < 4.78 is 6.23. The predicted octanol–water partition coefficient (Wildman–Crippen LogP) is 5.15. The van der Waals surface area contributed by atoms with Gasteiger partial charge in [-0.1, -0.05) is 23.8 Å². The highest BCUT2D eigenvalue weighted by molar-refractivity contribution is 8.00. The van der Waals surface area contributed by atoms with E-state index in [0.29, 0.717) is 5.25 Å². The molecule has 0 unspecified atom stereocenters. The van der Waals surface area contributed by atoms with Gasteiger partial charge in [-0.05, 0) is 58.4 Å². The van der Waals surface area contributed by atoms with Gasteiger partial charge in [-0.15, -0.1) is 11.8 Å². The fraction of sp³-hybridized carbons (Fsp3) is 0.412. The van der Waals surface area contributed by atoms with E-state index in [1.54, 1.807) is 0 Å². The van der Waals surface area contributed by atoms with Gasteiger partial charge in [0.2, 0.25) is 0 Å². The normalized spacial score (nSPS) is 25.8. The molecule has 0 fully saturated rings. The van der Waals surface area contributed by atoms with Crippen LogP contribution in [0.4, 0.5) is 0 Å². The smallest absolute Gasteiger partial charge is 0.137 e. The maximum atomic E-state index is 6.23. The molecule has 0 radical (unpaired) electrons. The fourth-order valence-corrected chi connectivity index (χ4v) is 3.24. The van der Waals surface area contributed by atoms with E-state index < -0.39 is 0 Å². The lowest BCUT2D eigenvalue weighted by atomic mass is 10.0. The molecule has 1 aromatic carbocycles. The van der Waals surface area contributed by atoms with Crippen LogP contribution >= 0.6 is 11.8 Å². The SMILES string of the molecule is CC(C)=C/C=C\[C@@]1(C)Oc2ccc(C)cc2S[C@H]1C. The number of thioether (sulfide) groups is 1. The van der Waals surface area contributed by atoms with Gasteiger partial charge in [0.15, 0.2) is 0 Å². The van der Waals surface area contributed by atoms with Crippen molar-refractivity contribution in [1.82, 2.24) is 0 Å². The Morgan fingerprint density at radius 2 is 2.11 bits per heavy atom. The molecule has 2 heteroatoms. The van der Waals surface area contributed by atoms with E-state index in [-0.39, 0.29) is 5.60 Å². The van der Waals surface area contributed by atoms with Gasteiger partial charge in [-0.25, -0.2) is 0 Å². The van der Waals surface area contributed by atoms with E-state index in [4.69, 9.17) is 4.74 Å². The molecule has 0 saturated carbocycles. The number of rotatable bonds is 2. The number of benzene rings is 1. The molecule has 0 amide bonds. The number of fused-ring (bicyclic) bond motifs is 1. The maximum Gasteiger partial charge on any atom is 0.137 e. The number of ether oxygens (including phenoxy) is 1. The van der Waals surface area contributed by atoms with Crippen LogP contribution in [0.1, 0.15) is 33.3 Å². The predicted molar refractivity (Wildman–Crippen MR) is 84.1 cm³/mol. The largest absolute Gasteiger partial charge is 0.481 e. The van der Waals surface area contributed by atoms with Crippen molar-refractivity contribution in [2.45, 2.75) is 50.4 Å². The Labute approximate surface area is 120 Å². The molecule has 2 atom stereocenters. The molecule has 0 N–H and O–H groups in total. The zero-order chi connectivity index (χ0) is 14.0. The van der Waals surface area contributed by atoms with Crippen molar-refractivity contribution in [1.29, 1.82) is 0 Å². The summed E-state index contributed by atoms with van der Waals surface area (Å²) in [7, 11) is 0. The van der Waals surface area contributed by atoms with Crippen LogP contribution in [-0.4, -0.2) is 10.9 Å². The molecule has 1 aliphatic rings. The molecular formula is C17H22OS. The quantitative estimate of drug-likeness (QED) is 0.690. The van der Waals surface area contributed by atoms with Crippen molar-refractivity contribution < 1.29 is 4.74 Å². The van der Waals surface area contributed by atoms with E-state index in [2.05, 4.69) is 71.0 Å². The second-order valence-electron chi connectivity index (χ2n) is 5.60. The highest BCUT2D eigenvalue weighted by Crippen LogP contribution is 2.44. The monoisotopic (exact) mass is 274 g/mol. The Balaban J connectivity index is 2.27. The summed E-state index contributed by atoms with van der Waals surface area (Å²) in [6.07, 6.45) is 6.39. The summed E-state index contributed by atoms with van der Waals surface area (Å²) in [6, 6.07) is 6.39. The second-order valence-corrected chi connectivity index (χ2v) is 6.98. The number of allylic oxidation sites excluding steroid dienone is 3. The van der Waals surface area contributed by atoms with Gasteiger partial charge in [-0.2, -0.15) is 0 Å². The summed E-state index contributed by atoms with van der Waals surface area (Å²) >= 11 is 1.89. The van der Waals surface area contributed by atoms with Crippen LogP contribution in [0.3, 0.4) is 0 Å². The van der Waals surface area contributed by atoms with Crippen molar-refractivity contribution in [2.75, 3.05) is 0 Å². The summed E-state index contributed by atoms with van der Waals surface area (Å²) in [5.74, 6) is 0.998. The lowest BCUT2D eigenvalue weighted by Gasteiger charge is -2.38. The highest BCUT2D eigenvalue weighted by Gasteiger charge is 2.36. The van der Waals surface area contributed by atoms with Crippen LogP contribution in [-0.2, 0) is 0 Å². The molecule has 1 heterocycles. The molecule has 0 aliphatic carbocycles. The van der Waals surface area contributed by atoms with E-state index in [9.17, 15) is 0 Å². The molecule has 1 aliphatic heterocycles. The molecule has 0 spiro atoms. The molecule has 2 rings (SSSR count). The van der Waals surface area contributed by atoms with Crippen LogP contribution in [0.5, 0.6) is 5.75 Å². The van der Waals surface area contributed by atoms with Gasteiger partial charge in [-0.3, -0.25) is 0 Å². The van der Waals surface area contributed by atoms with Crippen LogP contribution < -0.4 is 4.74 Å². The van der Waals surface area contributed by atoms with Gasteiger partial charge in [0.1, 0.15) is 11.4 Å². The standard InChI is InChI=1S/C17H22OS/c1-12(2)7-6-10-17(5)14(4)19-16-11-13(3)8-9-15(16)18-17/h6-11,14H,1-5H3/b10-6-/t14-,17+/m0/s1. The fourth-order valence-electron chi connectivity index (χ4n) is 2.02. The molecule has 0 saturated heterocycles. The van der Waals surface area contributed by atoms with Gasteiger partial charge in [0.25, 0.3) is 0 Å². The van der Waals surface area contributed by atoms with Gasteiger partial charge in [0, 0.05) is 0 Å². The van der Waals surface area contributed by atoms with E-state index in [1.165, 1.54) is 16.0 Å². The molecule has 19 heavy (non-hydrogen) atoms. The Morgan fingerprint density at radius 1 is 1.37 bits per heavy atom. The third kappa shape index (κ3) is 3.24. The molecule has 102 valence electrons. The van der Waals surface area contributed by atoms with Gasteiger partial charge >= 0.3 is 0 Å². The minimum absolute atomic E-state index is 0.251. The van der Waals surface area contributed by atoms with Crippen molar-refractivity contribution >= 4 is 11.8 Å². The first kappa shape index (κ1) is 14.3. The van der Waals surface area contributed by atoms with Crippen molar-refractivity contribution in [3.05, 3.63) is 47.6 Å². The highest BCUT2D eigenvalue weighted by atomic mass is 32.2. The summed E-state index contributed by atoms with van der Waals surface area (Å²) in [5, 5.41) is 0.392. The Hall–Kier alpha value is -1.15. The lowest BCUT2D eigenvalue weighted by molar-refractivity contribution is 0.132. The number of aryl methyl sites for hydroxylation is 1. The maximum absolute atomic E-state index is 6.23. The Kier molecular flexibility index (Phi) is 4.10. The first-order valence-corrected chi connectivity index (χ1v) is 7.58. The first-order chi connectivity index (χ1) is 8.90. The zero-order valence-corrected chi connectivity index (χ0v) is 13.2. The van der Waals surface area contributed by atoms with E-state index in [1.807, 2.05) is 11.8 Å². The van der Waals surface area contributed by atoms with Crippen molar-refractivity contribution in [2.24, 2.45) is 0 Å². The van der Waals surface area contributed by atoms with Crippen molar-refractivity contribution in [3.63, 3.8) is 0 Å². The van der Waals surface area contributed by atoms with E-state index in [0.717, 1.165) is 5.75 Å². The summed E-state index contributed by atoms with van der Waals surface area (Å²) in [4.78, 5) is 1.25. The first-order valence-electron chi connectivity index (χ1n) is 6.70. The Bertz CT molecular complexity index is 526. The number of hydrogen-bond donors (Lipinski definition) is 0. The summed E-state index contributed by atoms with van der Waals surface area (Å²) in [6.45, 7) is 10.7. The zero-order valence-electron chi connectivity index (χ0n) is 12.4. The minimum atomic E-state index is -0.251. The van der Waals surface area contributed by atoms with Crippen LogP contribution in [0.25, 0.3) is 0 Å². The molecular weight excluding hydrogens is 252 g/mol. The summed E-state index contributed by atoms with van der Waals surface area (Å²) in [5.41, 5.74) is 2.33. The van der Waals surface area contributed by atoms with Crippen LogP contribution in [0.2, 0.25) is 0 Å². The molecule has 1 aromatic rings. The number of hydrogen-bond acceptors (Lipinski definition) is 2. The third-order valence-corrected chi connectivity index (χ3v) is 4.79. The second kappa shape index (κ2) is 5.46. The molecule has 0 bridgehead atoms. The van der Waals surface area contributed by atoms with E-state index >= 15 is 0 Å². The average molecular weight is 274 g/mol. The molecule has 0 aromatic heterocycles.